The molecule has 0 bridgehead atoms. The number of thioether (sulfide) groups is 1. The normalized spacial score (nSPS) is 14.0. The first kappa shape index (κ1) is 19.0. The highest BCUT2D eigenvalue weighted by Crippen LogP contribution is 2.28. The molecule has 1 saturated heterocycles. The number of hydrogen-bond donors (Lipinski definition) is 1. The molecule has 1 aromatic carbocycles. The van der Waals surface area contributed by atoms with Crippen LogP contribution in [0.25, 0.3) is 11.0 Å². The molecular weight excluding hydrogens is 396 g/mol. The standard InChI is InChI=1S/C19H21ClN6OS/c1-28-19-23-16(25-9-4-5-10-25)14-12-22-26(17(14)24-19)11-8-21-18(27)13-6-2-3-7-15(13)20/h2-3,6-7,12H,4-5,8-11H2,1H3,(H,21,27). The molecule has 1 aliphatic rings. The van der Waals surface area contributed by atoms with Crippen molar-refractivity contribution in [3.8, 4) is 0 Å². The van der Waals surface area contributed by atoms with Gasteiger partial charge >= 0.3 is 0 Å². The Morgan fingerprint density at radius 3 is 2.79 bits per heavy atom. The minimum absolute atomic E-state index is 0.195. The third-order valence-electron chi connectivity index (χ3n) is 4.77. The number of carbonyl (C=O) groups is 1. The molecule has 3 heterocycles. The summed E-state index contributed by atoms with van der Waals surface area (Å²) in [5, 5.41) is 9.52. The quantitative estimate of drug-likeness (QED) is 0.491. The van der Waals surface area contributed by atoms with E-state index in [4.69, 9.17) is 16.6 Å². The van der Waals surface area contributed by atoms with Gasteiger partial charge in [-0.2, -0.15) is 5.10 Å². The van der Waals surface area contributed by atoms with Crippen LogP contribution in [0.2, 0.25) is 5.02 Å². The average Bonchev–Trinajstić information content (AvgIpc) is 3.38. The Bertz CT molecular complexity index is 1000. The predicted molar refractivity (Wildman–Crippen MR) is 112 cm³/mol. The Labute approximate surface area is 172 Å². The number of aromatic nitrogens is 4. The van der Waals surface area contributed by atoms with E-state index >= 15 is 0 Å². The van der Waals surface area contributed by atoms with Crippen LogP contribution >= 0.6 is 23.4 Å². The number of hydrogen-bond acceptors (Lipinski definition) is 6. The Kier molecular flexibility index (Phi) is 5.68. The van der Waals surface area contributed by atoms with Gasteiger partial charge in [0.05, 0.1) is 28.7 Å². The molecule has 0 radical (unpaired) electrons. The van der Waals surface area contributed by atoms with Crippen LogP contribution < -0.4 is 10.2 Å². The molecule has 9 heteroatoms. The molecule has 0 unspecified atom stereocenters. The fourth-order valence-corrected chi connectivity index (χ4v) is 3.94. The van der Waals surface area contributed by atoms with Gasteiger partial charge in [0.2, 0.25) is 0 Å². The third-order valence-corrected chi connectivity index (χ3v) is 5.65. The summed E-state index contributed by atoms with van der Waals surface area (Å²) in [4.78, 5) is 24.0. The molecule has 28 heavy (non-hydrogen) atoms. The monoisotopic (exact) mass is 416 g/mol. The molecule has 3 aromatic rings. The van der Waals surface area contributed by atoms with Gasteiger partial charge in [0.25, 0.3) is 5.91 Å². The van der Waals surface area contributed by atoms with Crippen molar-refractivity contribution in [1.82, 2.24) is 25.1 Å². The van der Waals surface area contributed by atoms with Crippen molar-refractivity contribution in [2.45, 2.75) is 24.5 Å². The third kappa shape index (κ3) is 3.79. The van der Waals surface area contributed by atoms with Gasteiger partial charge in [0, 0.05) is 19.6 Å². The van der Waals surface area contributed by atoms with Gasteiger partial charge in [-0.05, 0) is 31.2 Å². The molecule has 1 amide bonds. The van der Waals surface area contributed by atoms with E-state index in [2.05, 4.69) is 20.3 Å². The van der Waals surface area contributed by atoms with Gasteiger partial charge in [-0.1, -0.05) is 35.5 Å². The lowest BCUT2D eigenvalue weighted by atomic mass is 10.2. The van der Waals surface area contributed by atoms with Crippen molar-refractivity contribution >= 4 is 46.1 Å². The molecule has 146 valence electrons. The summed E-state index contributed by atoms with van der Waals surface area (Å²) in [6.45, 7) is 2.97. The highest BCUT2D eigenvalue weighted by Gasteiger charge is 2.20. The van der Waals surface area contributed by atoms with E-state index in [0.29, 0.717) is 23.7 Å². The van der Waals surface area contributed by atoms with Crippen LogP contribution in [0.15, 0.2) is 35.6 Å². The molecule has 1 fully saturated rings. The molecule has 4 rings (SSSR count). The maximum absolute atomic E-state index is 12.3. The first-order valence-corrected chi connectivity index (χ1v) is 10.8. The molecular formula is C19H21ClN6OS. The molecule has 0 aliphatic carbocycles. The number of amides is 1. The summed E-state index contributed by atoms with van der Waals surface area (Å²) < 4.78 is 1.82. The Morgan fingerprint density at radius 1 is 1.25 bits per heavy atom. The maximum atomic E-state index is 12.3. The zero-order chi connectivity index (χ0) is 19.5. The van der Waals surface area contributed by atoms with Gasteiger partial charge in [-0.15, -0.1) is 0 Å². The summed E-state index contributed by atoms with van der Waals surface area (Å²) in [5.41, 5.74) is 1.27. The SMILES string of the molecule is CSc1nc(N2CCCC2)c2cnn(CCNC(=O)c3ccccc3Cl)c2n1. The number of carbonyl (C=O) groups excluding carboxylic acids is 1. The average molecular weight is 417 g/mol. The van der Waals surface area contributed by atoms with Gasteiger partial charge in [0.1, 0.15) is 5.82 Å². The molecule has 1 aliphatic heterocycles. The van der Waals surface area contributed by atoms with Gasteiger partial charge < -0.3 is 10.2 Å². The lowest BCUT2D eigenvalue weighted by molar-refractivity contribution is 0.0952. The van der Waals surface area contributed by atoms with Gasteiger partial charge in [0.15, 0.2) is 10.8 Å². The van der Waals surface area contributed by atoms with Crippen LogP contribution in [0.3, 0.4) is 0 Å². The van der Waals surface area contributed by atoms with Crippen LogP contribution in [0, 0.1) is 0 Å². The molecule has 7 nitrogen and oxygen atoms in total. The lowest BCUT2D eigenvalue weighted by Crippen LogP contribution is -2.27. The minimum Gasteiger partial charge on any atom is -0.356 e. The summed E-state index contributed by atoms with van der Waals surface area (Å²) in [6, 6.07) is 7.01. The molecule has 0 spiro atoms. The highest BCUT2D eigenvalue weighted by atomic mass is 35.5. The lowest BCUT2D eigenvalue weighted by Gasteiger charge is -2.17. The number of rotatable bonds is 6. The Balaban J connectivity index is 1.52. The van der Waals surface area contributed by atoms with Crippen LogP contribution in [0.4, 0.5) is 5.82 Å². The van der Waals surface area contributed by atoms with E-state index in [9.17, 15) is 4.79 Å². The van der Waals surface area contributed by atoms with Crippen LogP contribution in [-0.4, -0.2) is 51.5 Å². The molecule has 2 aromatic heterocycles. The Morgan fingerprint density at radius 2 is 2.04 bits per heavy atom. The van der Waals surface area contributed by atoms with Crippen molar-refractivity contribution < 1.29 is 4.79 Å². The van der Waals surface area contributed by atoms with Gasteiger partial charge in [-0.3, -0.25) is 4.79 Å². The van der Waals surface area contributed by atoms with E-state index in [0.717, 1.165) is 35.1 Å². The highest BCUT2D eigenvalue weighted by molar-refractivity contribution is 7.98. The number of fused-ring (bicyclic) bond motifs is 1. The summed E-state index contributed by atoms with van der Waals surface area (Å²) >= 11 is 7.61. The number of nitrogens with zero attached hydrogens (tertiary/aromatic N) is 5. The number of benzene rings is 1. The summed E-state index contributed by atoms with van der Waals surface area (Å²) in [6.07, 6.45) is 6.16. The largest absolute Gasteiger partial charge is 0.356 e. The topological polar surface area (TPSA) is 75.9 Å². The van der Waals surface area contributed by atoms with Crippen molar-refractivity contribution in [2.75, 3.05) is 30.8 Å². The number of anilines is 1. The molecule has 0 saturated carbocycles. The second-order valence-corrected chi connectivity index (χ2v) is 7.75. The van der Waals surface area contributed by atoms with Crippen LogP contribution in [0.1, 0.15) is 23.2 Å². The zero-order valence-corrected chi connectivity index (χ0v) is 17.1. The fraction of sp³-hybridized carbons (Fsp3) is 0.368. The Hall–Kier alpha value is -2.32. The zero-order valence-electron chi connectivity index (χ0n) is 15.6. The second kappa shape index (κ2) is 8.36. The number of nitrogens with one attached hydrogen (secondary N) is 1. The summed E-state index contributed by atoms with van der Waals surface area (Å²) in [7, 11) is 0. The molecule has 1 N–H and O–H groups in total. The maximum Gasteiger partial charge on any atom is 0.252 e. The molecule has 0 atom stereocenters. The van der Waals surface area contributed by atoms with Crippen molar-refractivity contribution in [3.05, 3.63) is 41.0 Å². The van der Waals surface area contributed by atoms with E-state index in [1.165, 1.54) is 24.6 Å². The second-order valence-electron chi connectivity index (χ2n) is 6.57. The van der Waals surface area contributed by atoms with Crippen molar-refractivity contribution in [1.29, 1.82) is 0 Å². The predicted octanol–water partition coefficient (Wildman–Crippen LogP) is 3.23. The van der Waals surface area contributed by atoms with Gasteiger partial charge in [-0.25, -0.2) is 14.6 Å². The number of halogens is 1. The van der Waals surface area contributed by atoms with Crippen LogP contribution in [0.5, 0.6) is 0 Å². The van der Waals surface area contributed by atoms with Crippen molar-refractivity contribution in [3.63, 3.8) is 0 Å². The van der Waals surface area contributed by atoms with Crippen LogP contribution in [-0.2, 0) is 6.54 Å². The van der Waals surface area contributed by atoms with E-state index in [1.54, 1.807) is 24.3 Å². The minimum atomic E-state index is -0.195. The fourth-order valence-electron chi connectivity index (χ4n) is 3.36. The van der Waals surface area contributed by atoms with E-state index < -0.39 is 0 Å². The first-order valence-electron chi connectivity index (χ1n) is 9.22. The van der Waals surface area contributed by atoms with Crippen molar-refractivity contribution in [2.24, 2.45) is 0 Å². The van der Waals surface area contributed by atoms with E-state index in [1.807, 2.05) is 17.1 Å². The first-order chi connectivity index (χ1) is 13.7. The smallest absolute Gasteiger partial charge is 0.252 e. The summed E-state index contributed by atoms with van der Waals surface area (Å²) in [5.74, 6) is 0.762. The van der Waals surface area contributed by atoms with E-state index in [-0.39, 0.29) is 5.91 Å².